The van der Waals surface area contributed by atoms with Gasteiger partial charge in [0, 0.05) is 32.2 Å². The molecule has 2 aromatic heterocycles. The number of amides is 1. The van der Waals surface area contributed by atoms with E-state index in [1.165, 1.54) is 11.8 Å². The van der Waals surface area contributed by atoms with Gasteiger partial charge in [0.25, 0.3) is 5.91 Å². The van der Waals surface area contributed by atoms with E-state index in [2.05, 4.69) is 15.5 Å². The van der Waals surface area contributed by atoms with Crippen LogP contribution in [0, 0.1) is 0 Å². The molecule has 1 amide bonds. The molecule has 1 aromatic carbocycles. The molecule has 25 heavy (non-hydrogen) atoms. The maximum absolute atomic E-state index is 12.2. The average Bonchev–Trinajstić information content (AvgIpc) is 3.29. The van der Waals surface area contributed by atoms with Crippen LogP contribution >= 0.6 is 0 Å². The summed E-state index contributed by atoms with van der Waals surface area (Å²) in [6.07, 6.45) is 4.29. The van der Waals surface area contributed by atoms with Crippen LogP contribution in [0.4, 0.5) is 0 Å². The number of nitrogens with zero attached hydrogens (tertiary/aromatic N) is 4. The third-order valence-electron chi connectivity index (χ3n) is 3.74. The van der Waals surface area contributed by atoms with Crippen LogP contribution < -0.4 is 10.1 Å². The number of aryl methyl sites for hydroxylation is 1. The van der Waals surface area contributed by atoms with Gasteiger partial charge in [-0.15, -0.1) is 5.10 Å². The molecule has 2 N–H and O–H groups in total. The Balaban J connectivity index is 1.62. The van der Waals surface area contributed by atoms with Gasteiger partial charge in [0.15, 0.2) is 0 Å². The first kappa shape index (κ1) is 16.7. The summed E-state index contributed by atoms with van der Waals surface area (Å²) >= 11 is 0. The third kappa shape index (κ3) is 3.69. The number of ether oxygens (including phenoxy) is 1. The Labute approximate surface area is 144 Å². The Hall–Kier alpha value is -3.13. The second-order valence-electron chi connectivity index (χ2n) is 5.49. The number of aliphatic hydroxyl groups is 1. The van der Waals surface area contributed by atoms with Crippen molar-refractivity contribution in [3.05, 3.63) is 60.0 Å². The van der Waals surface area contributed by atoms with Crippen molar-refractivity contribution in [3.8, 4) is 11.6 Å². The SMILES string of the molecule is COc1nn(C)cc1C(=O)NCC(O)c1ccc(-n2cccn2)cc1. The van der Waals surface area contributed by atoms with Gasteiger partial charge in [-0.3, -0.25) is 9.48 Å². The summed E-state index contributed by atoms with van der Waals surface area (Å²) in [5.74, 6) is -0.102. The second kappa shape index (κ2) is 7.18. The van der Waals surface area contributed by atoms with Gasteiger partial charge in [0.2, 0.25) is 5.88 Å². The van der Waals surface area contributed by atoms with Crippen LogP contribution in [0.3, 0.4) is 0 Å². The molecule has 0 saturated heterocycles. The molecule has 0 spiro atoms. The van der Waals surface area contributed by atoms with Crippen molar-refractivity contribution in [2.75, 3.05) is 13.7 Å². The van der Waals surface area contributed by atoms with Crippen molar-refractivity contribution in [1.29, 1.82) is 0 Å². The van der Waals surface area contributed by atoms with Crippen molar-refractivity contribution in [1.82, 2.24) is 24.9 Å². The van der Waals surface area contributed by atoms with Gasteiger partial charge in [-0.25, -0.2) is 4.68 Å². The highest BCUT2D eigenvalue weighted by Gasteiger charge is 2.17. The van der Waals surface area contributed by atoms with Gasteiger partial charge < -0.3 is 15.2 Å². The van der Waals surface area contributed by atoms with E-state index >= 15 is 0 Å². The van der Waals surface area contributed by atoms with E-state index in [4.69, 9.17) is 4.74 Å². The van der Waals surface area contributed by atoms with E-state index in [-0.39, 0.29) is 18.3 Å². The van der Waals surface area contributed by atoms with E-state index in [1.54, 1.807) is 36.3 Å². The highest BCUT2D eigenvalue weighted by molar-refractivity contribution is 5.96. The van der Waals surface area contributed by atoms with Crippen molar-refractivity contribution in [2.24, 2.45) is 7.05 Å². The average molecular weight is 341 g/mol. The Bertz CT molecular complexity index is 840. The summed E-state index contributed by atoms with van der Waals surface area (Å²) in [7, 11) is 3.16. The van der Waals surface area contributed by atoms with E-state index in [0.29, 0.717) is 11.1 Å². The molecule has 0 aliphatic rings. The molecule has 8 heteroatoms. The number of aliphatic hydroxyl groups excluding tert-OH is 1. The van der Waals surface area contributed by atoms with Gasteiger partial charge in [-0.2, -0.15) is 5.10 Å². The van der Waals surface area contributed by atoms with Crippen molar-refractivity contribution in [3.63, 3.8) is 0 Å². The molecule has 0 aliphatic heterocycles. The number of nitrogens with one attached hydrogen (secondary N) is 1. The van der Waals surface area contributed by atoms with Crippen LogP contribution in [0.1, 0.15) is 22.0 Å². The zero-order valence-corrected chi connectivity index (χ0v) is 14.0. The largest absolute Gasteiger partial charge is 0.479 e. The fourth-order valence-corrected chi connectivity index (χ4v) is 2.45. The van der Waals surface area contributed by atoms with Crippen molar-refractivity contribution < 1.29 is 14.6 Å². The number of carbonyl (C=O) groups is 1. The van der Waals surface area contributed by atoms with Gasteiger partial charge in [0.1, 0.15) is 5.56 Å². The van der Waals surface area contributed by atoms with Crippen LogP contribution in [-0.2, 0) is 7.05 Å². The first-order valence-electron chi connectivity index (χ1n) is 7.72. The molecule has 1 atom stereocenters. The van der Waals surface area contributed by atoms with Crippen molar-refractivity contribution in [2.45, 2.75) is 6.10 Å². The van der Waals surface area contributed by atoms with Crippen LogP contribution in [-0.4, -0.2) is 44.2 Å². The maximum Gasteiger partial charge on any atom is 0.258 e. The lowest BCUT2D eigenvalue weighted by Gasteiger charge is -2.13. The quantitative estimate of drug-likeness (QED) is 0.700. The normalized spacial score (nSPS) is 12.0. The van der Waals surface area contributed by atoms with E-state index in [9.17, 15) is 9.90 Å². The predicted octanol–water partition coefficient (Wildman–Crippen LogP) is 1.08. The number of carbonyl (C=O) groups excluding carboxylic acids is 1. The maximum atomic E-state index is 12.2. The third-order valence-corrected chi connectivity index (χ3v) is 3.74. The molecule has 130 valence electrons. The molecule has 0 bridgehead atoms. The molecule has 8 nitrogen and oxygen atoms in total. The summed E-state index contributed by atoms with van der Waals surface area (Å²) in [6, 6.07) is 9.16. The Morgan fingerprint density at radius 3 is 2.76 bits per heavy atom. The summed E-state index contributed by atoms with van der Waals surface area (Å²) in [4.78, 5) is 12.2. The van der Waals surface area contributed by atoms with Crippen LogP contribution in [0.25, 0.3) is 5.69 Å². The minimum Gasteiger partial charge on any atom is -0.479 e. The number of rotatable bonds is 6. The van der Waals surface area contributed by atoms with E-state index in [1.807, 2.05) is 24.4 Å². The van der Waals surface area contributed by atoms with E-state index in [0.717, 1.165) is 5.69 Å². The lowest BCUT2D eigenvalue weighted by molar-refractivity contribution is 0.0913. The van der Waals surface area contributed by atoms with Gasteiger partial charge in [-0.1, -0.05) is 12.1 Å². The Morgan fingerprint density at radius 1 is 1.36 bits per heavy atom. The number of hydrogen-bond donors (Lipinski definition) is 2. The van der Waals surface area contributed by atoms with E-state index < -0.39 is 6.10 Å². The molecular formula is C17H19N5O3. The molecule has 2 heterocycles. The summed E-state index contributed by atoms with van der Waals surface area (Å²) in [5.41, 5.74) is 1.92. The first-order chi connectivity index (χ1) is 12.1. The number of hydrogen-bond acceptors (Lipinski definition) is 5. The monoisotopic (exact) mass is 341 g/mol. The van der Waals surface area contributed by atoms with Gasteiger partial charge in [0.05, 0.1) is 18.9 Å². The zero-order chi connectivity index (χ0) is 17.8. The van der Waals surface area contributed by atoms with Crippen LogP contribution in [0.2, 0.25) is 0 Å². The molecule has 0 aliphatic carbocycles. The van der Waals surface area contributed by atoms with Crippen LogP contribution in [0.5, 0.6) is 5.88 Å². The standard InChI is InChI=1S/C17H19N5O3/c1-21-11-14(17(20-21)25-2)16(24)18-10-15(23)12-4-6-13(7-5-12)22-9-3-8-19-22/h3-9,11,15,23H,10H2,1-2H3,(H,18,24). The van der Waals surface area contributed by atoms with Gasteiger partial charge in [-0.05, 0) is 23.8 Å². The zero-order valence-electron chi connectivity index (χ0n) is 14.0. The molecular weight excluding hydrogens is 322 g/mol. The van der Waals surface area contributed by atoms with Crippen molar-refractivity contribution >= 4 is 5.91 Å². The number of aromatic nitrogens is 4. The highest BCUT2D eigenvalue weighted by atomic mass is 16.5. The molecule has 0 radical (unpaired) electrons. The Kier molecular flexibility index (Phi) is 4.80. The lowest BCUT2D eigenvalue weighted by Crippen LogP contribution is -2.28. The number of benzene rings is 1. The van der Waals surface area contributed by atoms with Gasteiger partial charge >= 0.3 is 0 Å². The van der Waals surface area contributed by atoms with Crippen LogP contribution in [0.15, 0.2) is 48.9 Å². The minimum absolute atomic E-state index is 0.0813. The second-order valence-corrected chi connectivity index (χ2v) is 5.49. The highest BCUT2D eigenvalue weighted by Crippen LogP contribution is 2.17. The topological polar surface area (TPSA) is 94.2 Å². The first-order valence-corrected chi connectivity index (χ1v) is 7.72. The molecule has 0 saturated carbocycles. The summed E-state index contributed by atoms with van der Waals surface area (Å²) in [5, 5.41) is 21.2. The Morgan fingerprint density at radius 2 is 2.12 bits per heavy atom. The minimum atomic E-state index is -0.821. The summed E-state index contributed by atoms with van der Waals surface area (Å²) in [6.45, 7) is 0.0813. The fraction of sp³-hybridized carbons (Fsp3) is 0.235. The smallest absolute Gasteiger partial charge is 0.258 e. The molecule has 3 rings (SSSR count). The lowest BCUT2D eigenvalue weighted by atomic mass is 10.1. The summed E-state index contributed by atoms with van der Waals surface area (Å²) < 4.78 is 8.29. The predicted molar refractivity (Wildman–Crippen MR) is 90.6 cm³/mol. The molecule has 0 fully saturated rings. The molecule has 1 unspecified atom stereocenters. The number of methoxy groups -OCH3 is 1. The fourth-order valence-electron chi connectivity index (χ4n) is 2.45. The molecule has 3 aromatic rings.